The molecule has 0 fully saturated rings. The summed E-state index contributed by atoms with van der Waals surface area (Å²) in [5, 5.41) is 9.80. The fourth-order valence-electron chi connectivity index (χ4n) is 2.33. The smallest absolute Gasteiger partial charge is 0.224 e. The van der Waals surface area contributed by atoms with Gasteiger partial charge in [0.25, 0.3) is 0 Å². The van der Waals surface area contributed by atoms with Crippen LogP contribution in [-0.4, -0.2) is 17.1 Å². The molecular formula is C20H20N4OS. The number of thiazole rings is 1. The number of carbonyl (C=O) groups is 1. The molecule has 0 atom stereocenters. The first-order valence-electron chi connectivity index (χ1n) is 8.44. The van der Waals surface area contributed by atoms with Gasteiger partial charge in [-0.15, -0.1) is 11.3 Å². The van der Waals surface area contributed by atoms with E-state index in [9.17, 15) is 4.79 Å². The Hall–Kier alpha value is -2.99. The molecule has 1 heterocycles. The van der Waals surface area contributed by atoms with Gasteiger partial charge in [0.1, 0.15) is 0 Å². The molecule has 0 radical (unpaired) electrons. The summed E-state index contributed by atoms with van der Waals surface area (Å²) in [6.45, 7) is 1.99. The van der Waals surface area contributed by atoms with Crippen molar-refractivity contribution in [3.05, 3.63) is 65.5 Å². The maximum absolute atomic E-state index is 11.6. The third kappa shape index (κ3) is 5.00. The molecule has 3 rings (SSSR count). The van der Waals surface area contributed by atoms with E-state index >= 15 is 0 Å². The van der Waals surface area contributed by atoms with E-state index in [2.05, 4.69) is 20.8 Å². The zero-order valence-corrected chi connectivity index (χ0v) is 15.3. The largest absolute Gasteiger partial charge is 0.326 e. The number of nitrogens with zero attached hydrogens (tertiary/aromatic N) is 2. The van der Waals surface area contributed by atoms with Crippen molar-refractivity contribution in [1.82, 2.24) is 4.98 Å². The number of benzene rings is 2. The van der Waals surface area contributed by atoms with E-state index in [0.717, 1.165) is 34.1 Å². The third-order valence-electron chi connectivity index (χ3n) is 3.62. The Balaban J connectivity index is 1.60. The van der Waals surface area contributed by atoms with Gasteiger partial charge in [-0.05, 0) is 24.1 Å². The Bertz CT molecular complexity index is 872. The van der Waals surface area contributed by atoms with Crippen LogP contribution in [0.2, 0.25) is 0 Å². The molecule has 1 amide bonds. The summed E-state index contributed by atoms with van der Waals surface area (Å²) in [5.41, 5.74) is 6.65. The van der Waals surface area contributed by atoms with E-state index in [1.54, 1.807) is 6.21 Å². The van der Waals surface area contributed by atoms with E-state index in [1.165, 1.54) is 11.3 Å². The highest BCUT2D eigenvalue weighted by atomic mass is 32.1. The van der Waals surface area contributed by atoms with Crippen LogP contribution in [-0.2, 0) is 4.79 Å². The molecule has 0 unspecified atom stereocenters. The lowest BCUT2D eigenvalue weighted by molar-refractivity contribution is -0.116. The molecule has 2 aromatic carbocycles. The second kappa shape index (κ2) is 8.92. The number of hydrogen-bond acceptors (Lipinski definition) is 5. The summed E-state index contributed by atoms with van der Waals surface area (Å²) < 4.78 is 0. The summed E-state index contributed by atoms with van der Waals surface area (Å²) in [5.74, 6) is 0.0386. The minimum atomic E-state index is 0.0386. The Morgan fingerprint density at radius 2 is 1.92 bits per heavy atom. The van der Waals surface area contributed by atoms with Crippen molar-refractivity contribution in [2.75, 3.05) is 10.7 Å². The van der Waals surface area contributed by atoms with Gasteiger partial charge in [0, 0.05) is 23.1 Å². The standard InChI is InChI=1S/C20H20N4OS/c1-2-6-19(25)22-17-11-9-16(10-12-17)18-14-26-20(23-18)24-21-13-15-7-4-3-5-8-15/h3-5,7-14H,2,6H2,1H3,(H,22,25)(H,23,24). The van der Waals surface area contributed by atoms with E-state index in [1.807, 2.05) is 66.9 Å². The highest BCUT2D eigenvalue weighted by Crippen LogP contribution is 2.26. The van der Waals surface area contributed by atoms with Gasteiger partial charge in [-0.2, -0.15) is 5.10 Å². The summed E-state index contributed by atoms with van der Waals surface area (Å²) in [7, 11) is 0. The van der Waals surface area contributed by atoms with Crippen LogP contribution in [0.3, 0.4) is 0 Å². The van der Waals surface area contributed by atoms with Crippen molar-refractivity contribution in [2.45, 2.75) is 19.8 Å². The molecule has 0 aliphatic heterocycles. The maximum Gasteiger partial charge on any atom is 0.224 e. The number of carbonyl (C=O) groups excluding carboxylic acids is 1. The fraction of sp³-hybridized carbons (Fsp3) is 0.150. The monoisotopic (exact) mass is 364 g/mol. The molecule has 0 bridgehead atoms. The topological polar surface area (TPSA) is 66.4 Å². The first-order valence-corrected chi connectivity index (χ1v) is 9.32. The number of hydrogen-bond donors (Lipinski definition) is 2. The van der Waals surface area contributed by atoms with Crippen LogP contribution in [0.4, 0.5) is 10.8 Å². The average molecular weight is 364 g/mol. The zero-order valence-electron chi connectivity index (χ0n) is 14.5. The summed E-state index contributed by atoms with van der Waals surface area (Å²) in [4.78, 5) is 16.2. The number of nitrogens with one attached hydrogen (secondary N) is 2. The highest BCUT2D eigenvalue weighted by molar-refractivity contribution is 7.14. The van der Waals surface area contributed by atoms with Gasteiger partial charge in [0.2, 0.25) is 11.0 Å². The van der Waals surface area contributed by atoms with Crippen molar-refractivity contribution in [3.63, 3.8) is 0 Å². The minimum absolute atomic E-state index is 0.0386. The number of anilines is 2. The van der Waals surface area contributed by atoms with Gasteiger partial charge >= 0.3 is 0 Å². The zero-order chi connectivity index (χ0) is 18.2. The predicted octanol–water partition coefficient (Wildman–Crippen LogP) is 4.99. The Labute approximate surface area is 156 Å². The van der Waals surface area contributed by atoms with Gasteiger partial charge in [-0.1, -0.05) is 49.4 Å². The Morgan fingerprint density at radius 3 is 2.65 bits per heavy atom. The first-order chi connectivity index (χ1) is 12.7. The SMILES string of the molecule is CCCC(=O)Nc1ccc(-c2csc(NN=Cc3ccccc3)n2)cc1. The maximum atomic E-state index is 11.6. The second-order valence-electron chi connectivity index (χ2n) is 5.69. The van der Waals surface area contributed by atoms with Crippen LogP contribution in [0.15, 0.2) is 65.1 Å². The quantitative estimate of drug-likeness (QED) is 0.458. The minimum Gasteiger partial charge on any atom is -0.326 e. The van der Waals surface area contributed by atoms with Crippen LogP contribution in [0.25, 0.3) is 11.3 Å². The molecule has 1 aromatic heterocycles. The van der Waals surface area contributed by atoms with Crippen LogP contribution in [0.5, 0.6) is 0 Å². The molecule has 132 valence electrons. The number of aromatic nitrogens is 1. The highest BCUT2D eigenvalue weighted by Gasteiger charge is 2.05. The molecular weight excluding hydrogens is 344 g/mol. The van der Waals surface area contributed by atoms with Crippen molar-refractivity contribution in [3.8, 4) is 11.3 Å². The predicted molar refractivity (Wildman–Crippen MR) is 109 cm³/mol. The molecule has 3 aromatic rings. The Morgan fingerprint density at radius 1 is 1.15 bits per heavy atom. The normalized spacial score (nSPS) is 10.8. The van der Waals surface area contributed by atoms with Gasteiger partial charge in [0.15, 0.2) is 0 Å². The van der Waals surface area contributed by atoms with Crippen molar-refractivity contribution in [2.24, 2.45) is 5.10 Å². The first kappa shape index (κ1) is 17.8. The summed E-state index contributed by atoms with van der Waals surface area (Å²) >= 11 is 1.50. The van der Waals surface area contributed by atoms with Crippen molar-refractivity contribution < 1.29 is 4.79 Å². The molecule has 0 aliphatic carbocycles. The van der Waals surface area contributed by atoms with E-state index in [0.29, 0.717) is 6.42 Å². The summed E-state index contributed by atoms with van der Waals surface area (Å²) in [6.07, 6.45) is 3.13. The molecule has 0 saturated carbocycles. The van der Waals surface area contributed by atoms with Crippen molar-refractivity contribution in [1.29, 1.82) is 0 Å². The lowest BCUT2D eigenvalue weighted by Crippen LogP contribution is -2.10. The van der Waals surface area contributed by atoms with E-state index < -0.39 is 0 Å². The average Bonchev–Trinajstić information content (AvgIpc) is 3.12. The number of rotatable bonds is 7. The molecule has 0 aliphatic rings. The van der Waals surface area contributed by atoms with Crippen LogP contribution in [0.1, 0.15) is 25.3 Å². The molecule has 2 N–H and O–H groups in total. The lowest BCUT2D eigenvalue weighted by Gasteiger charge is -2.04. The second-order valence-corrected chi connectivity index (χ2v) is 6.55. The van der Waals surface area contributed by atoms with Crippen LogP contribution >= 0.6 is 11.3 Å². The lowest BCUT2D eigenvalue weighted by atomic mass is 10.1. The molecule has 0 saturated heterocycles. The third-order valence-corrected chi connectivity index (χ3v) is 4.37. The van der Waals surface area contributed by atoms with Gasteiger partial charge in [-0.3, -0.25) is 10.2 Å². The van der Waals surface area contributed by atoms with Gasteiger partial charge < -0.3 is 5.32 Å². The number of amides is 1. The molecule has 6 heteroatoms. The van der Waals surface area contributed by atoms with Gasteiger partial charge in [-0.25, -0.2) is 4.98 Å². The van der Waals surface area contributed by atoms with Crippen LogP contribution < -0.4 is 10.7 Å². The molecule has 0 spiro atoms. The van der Waals surface area contributed by atoms with E-state index in [-0.39, 0.29) is 5.91 Å². The molecule has 5 nitrogen and oxygen atoms in total. The van der Waals surface area contributed by atoms with E-state index in [4.69, 9.17) is 0 Å². The molecule has 26 heavy (non-hydrogen) atoms. The summed E-state index contributed by atoms with van der Waals surface area (Å²) in [6, 6.07) is 17.6. The van der Waals surface area contributed by atoms with Crippen molar-refractivity contribution >= 4 is 34.3 Å². The number of hydrazone groups is 1. The van der Waals surface area contributed by atoms with Gasteiger partial charge in [0.05, 0.1) is 11.9 Å². The van der Waals surface area contributed by atoms with Crippen LogP contribution in [0, 0.1) is 0 Å². The Kier molecular flexibility index (Phi) is 6.11. The fourth-order valence-corrected chi connectivity index (χ4v) is 3.00.